The second kappa shape index (κ2) is 6.20. The smallest absolute Gasteiger partial charge is 0.294 e. The van der Waals surface area contributed by atoms with Crippen LogP contribution in [-0.4, -0.2) is 26.0 Å². The van der Waals surface area contributed by atoms with Gasteiger partial charge in [-0.15, -0.1) is 0 Å². The number of aromatic amines is 1. The SMILES string of the molecule is O=c1c2c(nc3cc(C4CC4)[nH]n13)CCN(Cc1ccc(C(F)(F)F)cc1)C2. The Morgan fingerprint density at radius 3 is 2.61 bits per heavy atom. The maximum Gasteiger partial charge on any atom is 0.416 e. The molecule has 0 unspecified atom stereocenters. The summed E-state index contributed by atoms with van der Waals surface area (Å²) in [5.41, 5.74) is 3.29. The monoisotopic (exact) mass is 388 g/mol. The number of nitrogens with one attached hydrogen (secondary N) is 1. The summed E-state index contributed by atoms with van der Waals surface area (Å²) in [6, 6.07) is 7.17. The van der Waals surface area contributed by atoms with E-state index in [1.54, 1.807) is 0 Å². The molecule has 28 heavy (non-hydrogen) atoms. The van der Waals surface area contributed by atoms with Gasteiger partial charge in [-0.2, -0.15) is 13.2 Å². The number of alkyl halides is 3. The standard InChI is InChI=1S/C20H19F3N4O/c21-20(22,23)14-5-1-12(2-6-14)10-26-8-7-16-15(11-26)19(28)27-18(24-16)9-17(25-27)13-3-4-13/h1-2,5-6,9,13,25H,3-4,7-8,10-11H2. The number of nitrogens with zero attached hydrogens (tertiary/aromatic N) is 3. The first-order valence-corrected chi connectivity index (χ1v) is 9.40. The number of aromatic nitrogens is 3. The van der Waals surface area contributed by atoms with E-state index in [1.807, 2.05) is 6.07 Å². The zero-order valence-electron chi connectivity index (χ0n) is 15.1. The van der Waals surface area contributed by atoms with E-state index >= 15 is 0 Å². The minimum Gasteiger partial charge on any atom is -0.294 e. The van der Waals surface area contributed by atoms with Gasteiger partial charge in [0.15, 0.2) is 5.65 Å². The number of halogens is 3. The molecule has 0 atom stereocenters. The zero-order valence-corrected chi connectivity index (χ0v) is 15.1. The van der Waals surface area contributed by atoms with Gasteiger partial charge in [0.1, 0.15) is 0 Å². The van der Waals surface area contributed by atoms with Gasteiger partial charge in [0.05, 0.1) is 16.8 Å². The van der Waals surface area contributed by atoms with E-state index < -0.39 is 11.7 Å². The van der Waals surface area contributed by atoms with Gasteiger partial charge in [0, 0.05) is 43.7 Å². The van der Waals surface area contributed by atoms with Gasteiger partial charge in [-0.05, 0) is 30.5 Å². The largest absolute Gasteiger partial charge is 0.416 e. The molecule has 5 rings (SSSR count). The second-order valence-corrected chi connectivity index (χ2v) is 7.68. The molecule has 0 saturated heterocycles. The molecular weight excluding hydrogens is 369 g/mol. The Morgan fingerprint density at radius 1 is 1.18 bits per heavy atom. The third-order valence-electron chi connectivity index (χ3n) is 5.56. The van der Waals surface area contributed by atoms with Crippen LogP contribution in [0.15, 0.2) is 35.1 Å². The summed E-state index contributed by atoms with van der Waals surface area (Å²) >= 11 is 0. The van der Waals surface area contributed by atoms with Gasteiger partial charge >= 0.3 is 6.18 Å². The average Bonchev–Trinajstić information content (AvgIpc) is 3.42. The van der Waals surface area contributed by atoms with Gasteiger partial charge in [0.2, 0.25) is 0 Å². The highest BCUT2D eigenvalue weighted by molar-refractivity contribution is 5.44. The predicted molar refractivity (Wildman–Crippen MR) is 97.0 cm³/mol. The van der Waals surface area contributed by atoms with Crippen LogP contribution in [0.25, 0.3) is 5.65 Å². The van der Waals surface area contributed by atoms with Crippen LogP contribution in [-0.2, 0) is 25.7 Å². The first kappa shape index (κ1) is 17.5. The highest BCUT2D eigenvalue weighted by atomic mass is 19.4. The lowest BCUT2D eigenvalue weighted by Gasteiger charge is -2.27. The maximum atomic E-state index is 12.9. The fourth-order valence-corrected chi connectivity index (χ4v) is 3.85. The summed E-state index contributed by atoms with van der Waals surface area (Å²) in [4.78, 5) is 19.7. The summed E-state index contributed by atoms with van der Waals surface area (Å²) in [7, 11) is 0. The van der Waals surface area contributed by atoms with Crippen molar-refractivity contribution < 1.29 is 13.2 Å². The number of benzene rings is 1. The van der Waals surface area contributed by atoms with Gasteiger partial charge in [-0.25, -0.2) is 9.50 Å². The molecule has 0 radical (unpaired) electrons. The molecule has 0 spiro atoms. The molecule has 3 heterocycles. The van der Waals surface area contributed by atoms with E-state index in [9.17, 15) is 18.0 Å². The molecule has 1 aromatic carbocycles. The molecule has 5 nitrogen and oxygen atoms in total. The third-order valence-corrected chi connectivity index (χ3v) is 5.56. The lowest BCUT2D eigenvalue weighted by molar-refractivity contribution is -0.137. The summed E-state index contributed by atoms with van der Waals surface area (Å²) in [6.45, 7) is 1.66. The quantitative estimate of drug-likeness (QED) is 0.748. The molecular formula is C20H19F3N4O. The van der Waals surface area contributed by atoms with Crippen molar-refractivity contribution in [1.29, 1.82) is 0 Å². The van der Waals surface area contributed by atoms with Gasteiger partial charge in [0.25, 0.3) is 5.56 Å². The van der Waals surface area contributed by atoms with Crippen LogP contribution >= 0.6 is 0 Å². The van der Waals surface area contributed by atoms with E-state index in [0.717, 1.165) is 48.5 Å². The van der Waals surface area contributed by atoms with Crippen LogP contribution in [0.3, 0.4) is 0 Å². The van der Waals surface area contributed by atoms with Crippen LogP contribution < -0.4 is 5.56 Å². The van der Waals surface area contributed by atoms with E-state index in [2.05, 4.69) is 15.0 Å². The van der Waals surface area contributed by atoms with Crippen LogP contribution in [0.4, 0.5) is 13.2 Å². The molecule has 0 bridgehead atoms. The van der Waals surface area contributed by atoms with E-state index in [-0.39, 0.29) is 5.56 Å². The molecule has 1 aliphatic heterocycles. The summed E-state index contributed by atoms with van der Waals surface area (Å²) in [5.74, 6) is 0.509. The zero-order chi connectivity index (χ0) is 19.5. The Morgan fingerprint density at radius 2 is 1.93 bits per heavy atom. The van der Waals surface area contributed by atoms with Crippen molar-refractivity contribution in [3.63, 3.8) is 0 Å². The molecule has 1 saturated carbocycles. The topological polar surface area (TPSA) is 53.4 Å². The minimum atomic E-state index is -4.33. The summed E-state index contributed by atoms with van der Waals surface area (Å²) in [5, 5.41) is 3.18. The Kier molecular flexibility index (Phi) is 3.87. The first-order chi connectivity index (χ1) is 13.4. The van der Waals surface area contributed by atoms with Crippen molar-refractivity contribution >= 4 is 5.65 Å². The normalized spacial score (nSPS) is 17.8. The number of rotatable bonds is 3. The third kappa shape index (κ3) is 3.11. The van der Waals surface area contributed by atoms with Crippen LogP contribution in [0.1, 0.15) is 46.8 Å². The van der Waals surface area contributed by atoms with Crippen molar-refractivity contribution in [2.75, 3.05) is 6.54 Å². The number of fused-ring (bicyclic) bond motifs is 2. The molecule has 1 aliphatic carbocycles. The molecule has 2 aromatic heterocycles. The van der Waals surface area contributed by atoms with Gasteiger partial charge in [-0.1, -0.05) is 12.1 Å². The van der Waals surface area contributed by atoms with Crippen LogP contribution in [0, 0.1) is 0 Å². The Bertz CT molecular complexity index is 1090. The number of hydrogen-bond donors (Lipinski definition) is 1. The summed E-state index contributed by atoms with van der Waals surface area (Å²) < 4.78 is 39.7. The number of hydrogen-bond acceptors (Lipinski definition) is 3. The van der Waals surface area contributed by atoms with Crippen molar-refractivity contribution in [2.45, 2.75) is 44.4 Å². The predicted octanol–water partition coefficient (Wildman–Crippen LogP) is 3.48. The van der Waals surface area contributed by atoms with E-state index in [4.69, 9.17) is 0 Å². The molecule has 1 N–H and O–H groups in total. The molecule has 8 heteroatoms. The lowest BCUT2D eigenvalue weighted by Crippen LogP contribution is -2.36. The Hall–Kier alpha value is -2.61. The summed E-state index contributed by atoms with van der Waals surface area (Å²) in [6.07, 6.45) is -1.39. The van der Waals surface area contributed by atoms with Crippen LogP contribution in [0.5, 0.6) is 0 Å². The molecule has 3 aromatic rings. The average molecular weight is 388 g/mol. The Balaban J connectivity index is 1.38. The van der Waals surface area contributed by atoms with Crippen LogP contribution in [0.2, 0.25) is 0 Å². The molecule has 0 amide bonds. The minimum absolute atomic E-state index is 0.0796. The second-order valence-electron chi connectivity index (χ2n) is 7.68. The molecule has 2 aliphatic rings. The fraction of sp³-hybridized carbons (Fsp3) is 0.400. The maximum absolute atomic E-state index is 12.9. The fourth-order valence-electron chi connectivity index (χ4n) is 3.85. The van der Waals surface area contributed by atoms with E-state index in [0.29, 0.717) is 36.6 Å². The highest BCUT2D eigenvalue weighted by Crippen LogP contribution is 2.39. The van der Waals surface area contributed by atoms with Crippen molar-refractivity contribution in [3.05, 3.63) is 68.8 Å². The molecule has 1 fully saturated rings. The van der Waals surface area contributed by atoms with Crippen molar-refractivity contribution in [2.24, 2.45) is 0 Å². The first-order valence-electron chi connectivity index (χ1n) is 9.40. The van der Waals surface area contributed by atoms with Gasteiger partial charge < -0.3 is 0 Å². The van der Waals surface area contributed by atoms with Crippen molar-refractivity contribution in [1.82, 2.24) is 19.5 Å². The number of H-pyrrole nitrogens is 1. The lowest BCUT2D eigenvalue weighted by atomic mass is 10.1. The highest BCUT2D eigenvalue weighted by Gasteiger charge is 2.30. The van der Waals surface area contributed by atoms with Gasteiger partial charge in [-0.3, -0.25) is 14.8 Å². The van der Waals surface area contributed by atoms with E-state index in [1.165, 1.54) is 16.6 Å². The van der Waals surface area contributed by atoms with Crippen molar-refractivity contribution in [3.8, 4) is 0 Å². The molecule has 146 valence electrons. The Labute approximate surface area is 158 Å².